The number of ether oxygens (including phenoxy) is 9. The quantitative estimate of drug-likeness (QED) is 0.0406. The van der Waals surface area contributed by atoms with Crippen LogP contribution in [0.3, 0.4) is 0 Å². The zero-order valence-electron chi connectivity index (χ0n) is 37.8. The normalized spacial score (nSPS) is 11.8. The van der Waals surface area contributed by atoms with Crippen molar-refractivity contribution >= 4 is 17.8 Å². The summed E-state index contributed by atoms with van der Waals surface area (Å²) >= 11 is 0. The van der Waals surface area contributed by atoms with E-state index in [1.165, 1.54) is 0 Å². The van der Waals surface area contributed by atoms with E-state index in [1.807, 2.05) is 70.2 Å². The van der Waals surface area contributed by atoms with Crippen LogP contribution in [0.5, 0.6) is 11.5 Å². The first kappa shape index (κ1) is 55.3. The average molecular weight is 925 g/mol. The third-order valence-corrected chi connectivity index (χ3v) is 9.12. The number of para-hydroxylation sites is 2. The topological polar surface area (TPSA) is 253 Å². The van der Waals surface area contributed by atoms with Gasteiger partial charge in [0.2, 0.25) is 17.8 Å². The molecule has 0 aliphatic carbocycles. The molecule has 21 nitrogen and oxygen atoms in total. The molecular weight excluding hydrogens is 853 g/mol. The van der Waals surface area contributed by atoms with E-state index in [0.717, 1.165) is 11.1 Å². The van der Waals surface area contributed by atoms with E-state index in [0.29, 0.717) is 68.7 Å². The standard InChI is InChI=1S/C44H72N6O15/c1-37(63-27-18-56)34-50(36-39-7-3-5-9-41(39)65-33-31-62-26-17-55)44-46-42(48(10-19-57-22-13-51)11-20-59-28-29-60-24-15-53)45-43(47-44)49(12-21-58-23-14-52)35-38-6-2-4-8-40(38)64-32-30-61-25-16-54/h2-9,37,51-56H,10-36H2,1H3. The Morgan fingerprint density at radius 1 is 0.415 bits per heavy atom. The van der Waals surface area contributed by atoms with Crippen LogP contribution in [-0.2, 0) is 46.2 Å². The number of hydrogen-bond donors (Lipinski definition) is 6. The molecule has 21 heteroatoms. The molecule has 0 saturated carbocycles. The largest absolute Gasteiger partial charge is 0.491 e. The summed E-state index contributed by atoms with van der Waals surface area (Å²) in [6, 6.07) is 15.2. The number of anilines is 3. The number of rotatable bonds is 42. The monoisotopic (exact) mass is 925 g/mol. The number of hydrogen-bond acceptors (Lipinski definition) is 21. The molecule has 0 radical (unpaired) electrons. The van der Waals surface area contributed by atoms with Crippen molar-refractivity contribution in [3.63, 3.8) is 0 Å². The van der Waals surface area contributed by atoms with Gasteiger partial charge in [0.1, 0.15) is 24.7 Å². The van der Waals surface area contributed by atoms with Crippen molar-refractivity contribution in [1.82, 2.24) is 15.0 Å². The van der Waals surface area contributed by atoms with E-state index >= 15 is 0 Å². The molecule has 0 bridgehead atoms. The molecule has 0 saturated heterocycles. The Morgan fingerprint density at radius 3 is 1.23 bits per heavy atom. The van der Waals surface area contributed by atoms with Crippen LogP contribution in [0.15, 0.2) is 48.5 Å². The van der Waals surface area contributed by atoms with E-state index < -0.39 is 0 Å². The van der Waals surface area contributed by atoms with Gasteiger partial charge in [-0.1, -0.05) is 36.4 Å². The summed E-state index contributed by atoms with van der Waals surface area (Å²) in [6.45, 7) is 6.44. The van der Waals surface area contributed by atoms with Gasteiger partial charge in [0.15, 0.2) is 0 Å². The second kappa shape index (κ2) is 36.1. The van der Waals surface area contributed by atoms with Crippen LogP contribution in [0.2, 0.25) is 0 Å². The Hall–Kier alpha value is -4.07. The summed E-state index contributed by atoms with van der Waals surface area (Å²) in [7, 11) is 0. The van der Waals surface area contributed by atoms with E-state index in [1.54, 1.807) is 0 Å². The van der Waals surface area contributed by atoms with Gasteiger partial charge in [0.05, 0.1) is 132 Å². The van der Waals surface area contributed by atoms with Crippen molar-refractivity contribution in [2.75, 3.05) is 180 Å². The van der Waals surface area contributed by atoms with Crippen molar-refractivity contribution in [1.29, 1.82) is 0 Å². The summed E-state index contributed by atoms with van der Waals surface area (Å²) in [4.78, 5) is 21.1. The van der Waals surface area contributed by atoms with Gasteiger partial charge in [-0.25, -0.2) is 0 Å². The van der Waals surface area contributed by atoms with Crippen molar-refractivity contribution in [3.8, 4) is 11.5 Å². The lowest BCUT2D eigenvalue weighted by atomic mass is 10.2. The van der Waals surface area contributed by atoms with E-state index in [4.69, 9.17) is 72.9 Å². The Labute approximate surface area is 382 Å². The van der Waals surface area contributed by atoms with E-state index in [-0.39, 0.29) is 145 Å². The lowest BCUT2D eigenvalue weighted by Crippen LogP contribution is -2.38. The second-order valence-corrected chi connectivity index (χ2v) is 14.1. The third kappa shape index (κ3) is 23.3. The molecule has 0 spiro atoms. The fourth-order valence-electron chi connectivity index (χ4n) is 6.12. The first-order chi connectivity index (χ1) is 32.0. The summed E-state index contributed by atoms with van der Waals surface area (Å²) < 4.78 is 51.9. The Morgan fingerprint density at radius 2 is 0.769 bits per heavy atom. The van der Waals surface area contributed by atoms with Crippen LogP contribution in [0.1, 0.15) is 18.1 Å². The smallest absolute Gasteiger partial charge is 0.232 e. The molecule has 0 amide bonds. The molecule has 1 aromatic heterocycles. The summed E-state index contributed by atoms with van der Waals surface area (Å²) in [5, 5.41) is 56.0. The molecule has 0 aliphatic rings. The Balaban J connectivity index is 2.17. The molecule has 1 atom stereocenters. The molecule has 3 aromatic rings. The van der Waals surface area contributed by atoms with Gasteiger partial charge in [-0.3, -0.25) is 0 Å². The van der Waals surface area contributed by atoms with Crippen molar-refractivity contribution in [3.05, 3.63) is 59.7 Å². The number of aliphatic hydroxyl groups is 6. The minimum atomic E-state index is -0.386. The molecule has 2 aromatic carbocycles. The molecule has 65 heavy (non-hydrogen) atoms. The molecule has 6 N–H and O–H groups in total. The van der Waals surface area contributed by atoms with Gasteiger partial charge in [0, 0.05) is 50.4 Å². The van der Waals surface area contributed by atoms with Crippen LogP contribution in [-0.4, -0.2) is 217 Å². The molecule has 368 valence electrons. The van der Waals surface area contributed by atoms with Gasteiger partial charge in [-0.05, 0) is 19.1 Å². The van der Waals surface area contributed by atoms with E-state index in [9.17, 15) is 15.3 Å². The highest BCUT2D eigenvalue weighted by molar-refractivity contribution is 5.49. The maximum Gasteiger partial charge on any atom is 0.232 e. The summed E-state index contributed by atoms with van der Waals surface area (Å²) in [5.74, 6) is 2.15. The predicted octanol–water partition coefficient (Wildman–Crippen LogP) is -0.0927. The number of aromatic nitrogens is 3. The minimum absolute atomic E-state index is 0.0857. The fraction of sp³-hybridized carbons (Fsp3) is 0.659. The predicted molar refractivity (Wildman–Crippen MR) is 241 cm³/mol. The maximum absolute atomic E-state index is 9.62. The van der Waals surface area contributed by atoms with Crippen LogP contribution in [0.25, 0.3) is 0 Å². The Kier molecular flexibility index (Phi) is 30.7. The van der Waals surface area contributed by atoms with Crippen LogP contribution >= 0.6 is 0 Å². The van der Waals surface area contributed by atoms with Crippen molar-refractivity contribution < 1.29 is 73.3 Å². The number of nitrogens with zero attached hydrogens (tertiary/aromatic N) is 6. The molecule has 1 unspecified atom stereocenters. The lowest BCUT2D eigenvalue weighted by molar-refractivity contribution is 0.0346. The van der Waals surface area contributed by atoms with Crippen LogP contribution in [0, 0.1) is 0 Å². The van der Waals surface area contributed by atoms with Gasteiger partial charge in [-0.2, -0.15) is 15.0 Å². The van der Waals surface area contributed by atoms with E-state index in [2.05, 4.69) is 0 Å². The van der Waals surface area contributed by atoms with Gasteiger partial charge < -0.3 is 88.0 Å². The van der Waals surface area contributed by atoms with Gasteiger partial charge >= 0.3 is 0 Å². The highest BCUT2D eigenvalue weighted by Crippen LogP contribution is 2.27. The zero-order valence-corrected chi connectivity index (χ0v) is 37.8. The van der Waals surface area contributed by atoms with Crippen LogP contribution in [0.4, 0.5) is 17.8 Å². The molecular formula is C44H72N6O15. The average Bonchev–Trinajstić information content (AvgIpc) is 3.32. The zero-order chi connectivity index (χ0) is 46.6. The molecule has 3 rings (SSSR count). The van der Waals surface area contributed by atoms with Gasteiger partial charge in [0.25, 0.3) is 0 Å². The molecule has 1 heterocycles. The second-order valence-electron chi connectivity index (χ2n) is 14.1. The van der Waals surface area contributed by atoms with Crippen molar-refractivity contribution in [2.45, 2.75) is 26.1 Å². The first-order valence-electron chi connectivity index (χ1n) is 22.1. The SMILES string of the molecule is CC(CN(Cc1ccccc1OCCOCCO)c1nc(N(CCOCCO)CCOCCOCCO)nc(N(CCOCCO)Cc2ccccc2OCCOCCO)n1)OCCO. The van der Waals surface area contributed by atoms with Crippen molar-refractivity contribution in [2.24, 2.45) is 0 Å². The third-order valence-electron chi connectivity index (χ3n) is 9.12. The highest BCUT2D eigenvalue weighted by Gasteiger charge is 2.24. The molecule has 0 fully saturated rings. The summed E-state index contributed by atoms with van der Waals surface area (Å²) in [5.41, 5.74) is 1.64. The maximum atomic E-state index is 9.62. The first-order valence-corrected chi connectivity index (χ1v) is 22.1. The number of benzene rings is 2. The lowest BCUT2D eigenvalue weighted by Gasteiger charge is -2.31. The minimum Gasteiger partial charge on any atom is -0.491 e. The fourth-order valence-corrected chi connectivity index (χ4v) is 6.12. The molecule has 0 aliphatic heterocycles. The highest BCUT2D eigenvalue weighted by atomic mass is 16.5. The van der Waals surface area contributed by atoms with Gasteiger partial charge in [-0.15, -0.1) is 0 Å². The Bertz CT molecular complexity index is 1620. The van der Waals surface area contributed by atoms with Crippen LogP contribution < -0.4 is 24.2 Å². The summed E-state index contributed by atoms with van der Waals surface area (Å²) in [6.07, 6.45) is -0.386. The number of aliphatic hydroxyl groups excluding tert-OH is 6.